The molecule has 1 aliphatic heterocycles. The van der Waals surface area contributed by atoms with Crippen LogP contribution in [0.15, 0.2) is 35.3 Å². The second-order valence-electron chi connectivity index (χ2n) is 5.73. The summed E-state index contributed by atoms with van der Waals surface area (Å²) in [5.41, 5.74) is 7.40. The molecule has 0 amide bonds. The molecule has 0 spiro atoms. The zero-order valence-corrected chi connectivity index (χ0v) is 12.7. The summed E-state index contributed by atoms with van der Waals surface area (Å²) >= 11 is 0. The third-order valence-electron chi connectivity index (χ3n) is 2.78. The van der Waals surface area contributed by atoms with Gasteiger partial charge in [-0.2, -0.15) is 0 Å². The maximum Gasteiger partial charge on any atom is 0.186 e. The molecule has 1 atom stereocenters. The van der Waals surface area contributed by atoms with Crippen LogP contribution in [0.5, 0.6) is 0 Å². The first-order chi connectivity index (χ1) is 9.96. The lowest BCUT2D eigenvalue weighted by Gasteiger charge is -2.23. The molecule has 0 aliphatic carbocycles. The molecule has 0 saturated heterocycles. The lowest BCUT2D eigenvalue weighted by atomic mass is 10.1. The van der Waals surface area contributed by atoms with Crippen LogP contribution < -0.4 is 11.1 Å². The molecule has 0 aromatic heterocycles. The molecule has 5 heteroatoms. The van der Waals surface area contributed by atoms with Gasteiger partial charge in [-0.1, -0.05) is 30.3 Å². The molecule has 3 N–H and O–H groups in total. The van der Waals surface area contributed by atoms with Crippen molar-refractivity contribution in [2.75, 3.05) is 13.2 Å². The number of rotatable bonds is 5. The van der Waals surface area contributed by atoms with Gasteiger partial charge in [-0.3, -0.25) is 0 Å². The fourth-order valence-electron chi connectivity index (χ4n) is 1.80. The molecule has 1 radical (unpaired) electrons. The van der Waals surface area contributed by atoms with Crippen molar-refractivity contribution in [1.82, 2.24) is 5.32 Å². The fourth-order valence-corrected chi connectivity index (χ4v) is 1.80. The Labute approximate surface area is 125 Å². The van der Waals surface area contributed by atoms with Crippen molar-refractivity contribution >= 4 is 11.5 Å². The molecular weight excluding hydrogens is 266 g/mol. The number of aliphatic imine (C=N–C) groups is 1. The number of amidine groups is 1. The zero-order valence-electron chi connectivity index (χ0n) is 12.7. The summed E-state index contributed by atoms with van der Waals surface area (Å²) in [4.78, 5) is 4.33. The smallest absolute Gasteiger partial charge is 0.186 e. The van der Waals surface area contributed by atoms with Gasteiger partial charge >= 0.3 is 0 Å². The average Bonchev–Trinajstić information content (AvgIpc) is 2.45. The molecule has 1 heterocycles. The first-order valence-corrected chi connectivity index (χ1v) is 6.99. The highest BCUT2D eigenvalue weighted by molar-refractivity contribution is 5.91. The topological polar surface area (TPSA) is 68.9 Å². The van der Waals surface area contributed by atoms with Crippen molar-refractivity contribution in [2.45, 2.75) is 32.6 Å². The van der Waals surface area contributed by atoms with Crippen molar-refractivity contribution < 1.29 is 9.47 Å². The molecule has 0 bridgehead atoms. The van der Waals surface area contributed by atoms with Crippen LogP contribution in [0.4, 0.5) is 0 Å². The number of hydrogen-bond donors (Lipinski definition) is 2. The summed E-state index contributed by atoms with van der Waals surface area (Å²) in [5.74, 6) is 0.392. The summed E-state index contributed by atoms with van der Waals surface area (Å²) in [5, 5.41) is 2.99. The van der Waals surface area contributed by atoms with Crippen molar-refractivity contribution in [3.63, 3.8) is 0 Å². The van der Waals surface area contributed by atoms with Crippen LogP contribution in [0.1, 0.15) is 26.3 Å². The highest BCUT2D eigenvalue weighted by Gasteiger charge is 2.18. The summed E-state index contributed by atoms with van der Waals surface area (Å²) in [7, 11) is 0. The van der Waals surface area contributed by atoms with Crippen LogP contribution in [0.3, 0.4) is 0 Å². The van der Waals surface area contributed by atoms with Gasteiger partial charge in [0.15, 0.2) is 6.23 Å². The van der Waals surface area contributed by atoms with Gasteiger partial charge in [-0.25, -0.2) is 4.99 Å². The lowest BCUT2D eigenvalue weighted by Crippen LogP contribution is -2.44. The first kappa shape index (κ1) is 15.5. The molecule has 1 aromatic carbocycles. The number of nitrogens with one attached hydrogen (secondary N) is 1. The maximum absolute atomic E-state index is 5.94. The Morgan fingerprint density at radius 2 is 1.95 bits per heavy atom. The minimum atomic E-state index is -0.457. The zero-order chi connectivity index (χ0) is 15.3. The van der Waals surface area contributed by atoms with Gasteiger partial charge in [0.2, 0.25) is 0 Å². The fraction of sp³-hybridized carbons (Fsp3) is 0.438. The van der Waals surface area contributed by atoms with Crippen molar-refractivity contribution in [3.8, 4) is 0 Å². The second kappa shape index (κ2) is 6.74. The van der Waals surface area contributed by atoms with E-state index < -0.39 is 6.23 Å². The molecular formula is C16H22N3O2. The summed E-state index contributed by atoms with van der Waals surface area (Å²) in [6.07, 6.45) is 2.55. The van der Waals surface area contributed by atoms with E-state index in [1.807, 2.05) is 51.1 Å². The van der Waals surface area contributed by atoms with E-state index in [1.54, 1.807) is 0 Å². The summed E-state index contributed by atoms with van der Waals surface area (Å²) in [6.45, 7) is 6.96. The number of ether oxygens (including phenoxy) is 2. The van der Waals surface area contributed by atoms with Crippen LogP contribution in [-0.4, -0.2) is 30.9 Å². The molecule has 5 nitrogen and oxygen atoms in total. The van der Waals surface area contributed by atoms with Crippen molar-refractivity contribution in [2.24, 2.45) is 10.7 Å². The van der Waals surface area contributed by atoms with Gasteiger partial charge in [-0.15, -0.1) is 0 Å². The van der Waals surface area contributed by atoms with Crippen LogP contribution in [0, 0.1) is 6.20 Å². The Morgan fingerprint density at radius 3 is 2.57 bits per heavy atom. The highest BCUT2D eigenvalue weighted by Crippen LogP contribution is 2.17. The Kier molecular flexibility index (Phi) is 4.98. The molecule has 1 aromatic rings. The van der Waals surface area contributed by atoms with Crippen LogP contribution in [0.25, 0.3) is 5.70 Å². The highest BCUT2D eigenvalue weighted by atomic mass is 16.5. The molecule has 1 unspecified atom stereocenters. The van der Waals surface area contributed by atoms with E-state index in [1.165, 1.54) is 0 Å². The van der Waals surface area contributed by atoms with Crippen LogP contribution >= 0.6 is 0 Å². The molecule has 2 rings (SSSR count). The quantitative estimate of drug-likeness (QED) is 0.812. The minimum absolute atomic E-state index is 0.171. The van der Waals surface area contributed by atoms with E-state index >= 15 is 0 Å². The predicted molar refractivity (Wildman–Crippen MR) is 83.3 cm³/mol. The Hall–Kier alpha value is -1.85. The normalized spacial score (nSPS) is 18.7. The summed E-state index contributed by atoms with van der Waals surface area (Å²) < 4.78 is 11.2. The molecule has 0 saturated carbocycles. The number of nitrogens with zero attached hydrogens (tertiary/aromatic N) is 1. The van der Waals surface area contributed by atoms with Gasteiger partial charge in [0.1, 0.15) is 5.84 Å². The number of benzene rings is 1. The molecule has 21 heavy (non-hydrogen) atoms. The van der Waals surface area contributed by atoms with Crippen LogP contribution in [0.2, 0.25) is 0 Å². The van der Waals surface area contributed by atoms with Gasteiger partial charge < -0.3 is 20.5 Å². The average molecular weight is 288 g/mol. The van der Waals surface area contributed by atoms with E-state index in [2.05, 4.69) is 16.5 Å². The molecule has 0 fully saturated rings. The van der Waals surface area contributed by atoms with Crippen LogP contribution in [-0.2, 0) is 9.47 Å². The molecule has 1 aliphatic rings. The standard InChI is InChI=1S/C16H22N3O2/c1-16(2,3)21-10-9-20-15-14(17)19-13(11-18-15)12-7-5-4-6-8-12/h4-8,15,18H,9-10H2,1-3H3,(H2,17,19). The Balaban J connectivity index is 1.85. The van der Waals surface area contributed by atoms with Gasteiger partial charge in [0, 0.05) is 5.56 Å². The van der Waals surface area contributed by atoms with Gasteiger partial charge in [0.05, 0.1) is 30.7 Å². The third kappa shape index (κ3) is 4.88. The third-order valence-corrected chi connectivity index (χ3v) is 2.78. The SMILES string of the molecule is CC(C)(C)OCCOC1N[C]=C(c2ccccc2)N=C1N. The van der Waals surface area contributed by atoms with E-state index in [4.69, 9.17) is 15.2 Å². The van der Waals surface area contributed by atoms with E-state index in [0.717, 1.165) is 5.56 Å². The Bertz CT molecular complexity index is 518. The van der Waals surface area contributed by atoms with E-state index in [0.29, 0.717) is 24.7 Å². The van der Waals surface area contributed by atoms with E-state index in [9.17, 15) is 0 Å². The minimum Gasteiger partial charge on any atom is -0.383 e. The number of nitrogens with two attached hydrogens (primary N) is 1. The van der Waals surface area contributed by atoms with Crippen molar-refractivity contribution in [1.29, 1.82) is 0 Å². The number of hydrogen-bond acceptors (Lipinski definition) is 5. The largest absolute Gasteiger partial charge is 0.383 e. The predicted octanol–water partition coefficient (Wildman–Crippen LogP) is 1.91. The maximum atomic E-state index is 5.94. The molecule has 113 valence electrons. The summed E-state index contributed by atoms with van der Waals surface area (Å²) in [6, 6.07) is 9.76. The van der Waals surface area contributed by atoms with Gasteiger partial charge in [-0.05, 0) is 20.8 Å². The van der Waals surface area contributed by atoms with Gasteiger partial charge in [0.25, 0.3) is 0 Å². The monoisotopic (exact) mass is 288 g/mol. The van der Waals surface area contributed by atoms with E-state index in [-0.39, 0.29) is 5.60 Å². The lowest BCUT2D eigenvalue weighted by molar-refractivity contribution is -0.0443. The Morgan fingerprint density at radius 1 is 1.24 bits per heavy atom. The van der Waals surface area contributed by atoms with Crippen molar-refractivity contribution in [3.05, 3.63) is 42.1 Å². The first-order valence-electron chi connectivity index (χ1n) is 6.99. The second-order valence-corrected chi connectivity index (χ2v) is 5.73.